The zero-order valence-corrected chi connectivity index (χ0v) is 15.2. The van der Waals surface area contributed by atoms with Gasteiger partial charge in [0.15, 0.2) is 6.54 Å². The highest BCUT2D eigenvalue weighted by Gasteiger charge is 2.29. The molecule has 2 aliphatic rings. The van der Waals surface area contributed by atoms with Gasteiger partial charge in [-0.1, -0.05) is 0 Å². The number of nitrogens with zero attached hydrogens (tertiary/aromatic N) is 2. The Kier molecular flexibility index (Phi) is 6.10. The Morgan fingerprint density at radius 2 is 1.88 bits per heavy atom. The summed E-state index contributed by atoms with van der Waals surface area (Å²) in [6.07, 6.45) is 0. The van der Waals surface area contributed by atoms with Crippen molar-refractivity contribution in [3.05, 3.63) is 30.1 Å². The number of quaternary nitrogens is 1. The summed E-state index contributed by atoms with van der Waals surface area (Å²) in [6.45, 7) is 2.98. The third-order valence-corrected chi connectivity index (χ3v) is 5.46. The van der Waals surface area contributed by atoms with Crippen LogP contribution in [0.4, 0.5) is 10.1 Å². The quantitative estimate of drug-likeness (QED) is 0.688. The molecule has 9 heteroatoms. The molecular weight excluding hydrogens is 359 g/mol. The number of amides is 3. The van der Waals surface area contributed by atoms with Crippen LogP contribution in [0.25, 0.3) is 0 Å². The Balaban J connectivity index is 1.40. The van der Waals surface area contributed by atoms with Gasteiger partial charge in [-0.15, -0.1) is 11.8 Å². The molecule has 3 rings (SSSR count). The van der Waals surface area contributed by atoms with Crippen molar-refractivity contribution in [2.75, 3.05) is 56.2 Å². The van der Waals surface area contributed by atoms with E-state index in [2.05, 4.69) is 5.32 Å². The van der Waals surface area contributed by atoms with Crippen LogP contribution in [0, 0.1) is 5.82 Å². The zero-order chi connectivity index (χ0) is 18.5. The summed E-state index contributed by atoms with van der Waals surface area (Å²) in [5.41, 5.74) is 0.567. The van der Waals surface area contributed by atoms with Crippen LogP contribution in [0.2, 0.25) is 0 Å². The number of piperazine rings is 1. The minimum absolute atomic E-state index is 0.0186. The van der Waals surface area contributed by atoms with Gasteiger partial charge in [-0.05, 0) is 24.3 Å². The lowest BCUT2D eigenvalue weighted by atomic mass is 10.3. The maximum Gasteiger partial charge on any atom is 0.279 e. The van der Waals surface area contributed by atoms with E-state index >= 15 is 0 Å². The van der Waals surface area contributed by atoms with Crippen LogP contribution in [-0.2, 0) is 14.4 Å². The largest absolute Gasteiger partial charge is 0.330 e. The van der Waals surface area contributed by atoms with Crippen molar-refractivity contribution in [3.63, 3.8) is 0 Å². The Hall–Kier alpha value is -2.13. The molecule has 0 aliphatic carbocycles. The van der Waals surface area contributed by atoms with Gasteiger partial charge < -0.3 is 20.0 Å². The Bertz CT molecular complexity index is 677. The second-order valence-corrected chi connectivity index (χ2v) is 7.39. The van der Waals surface area contributed by atoms with Gasteiger partial charge in [0.1, 0.15) is 12.4 Å². The molecule has 0 atom stereocenters. The molecule has 2 N–H and O–H groups in total. The summed E-state index contributed by atoms with van der Waals surface area (Å²) in [7, 11) is 0. The number of hydrogen-bond acceptors (Lipinski definition) is 4. The second-order valence-electron chi connectivity index (χ2n) is 6.43. The number of carbonyl (C=O) groups is 3. The molecule has 3 amide bonds. The van der Waals surface area contributed by atoms with E-state index in [0.29, 0.717) is 50.0 Å². The Labute approximate surface area is 155 Å². The lowest BCUT2D eigenvalue weighted by Crippen LogP contribution is -3.15. The lowest BCUT2D eigenvalue weighted by molar-refractivity contribution is -0.895. The standard InChI is InChI=1S/C17H21FN4O3S/c18-13-1-3-14(4-2-13)19-15(23)9-20-5-7-21(8-6-20)16(24)10-22-12-26-11-17(22)25/h1-4H,5-12H2,(H,19,23)/p+1. The molecule has 1 aromatic carbocycles. The zero-order valence-electron chi connectivity index (χ0n) is 14.4. The first-order chi connectivity index (χ1) is 12.5. The monoisotopic (exact) mass is 381 g/mol. The van der Waals surface area contributed by atoms with E-state index in [1.807, 2.05) is 0 Å². The van der Waals surface area contributed by atoms with Crippen molar-refractivity contribution >= 4 is 35.2 Å². The van der Waals surface area contributed by atoms with E-state index in [1.54, 1.807) is 9.80 Å². The minimum Gasteiger partial charge on any atom is -0.330 e. The number of thioether (sulfide) groups is 1. The smallest absolute Gasteiger partial charge is 0.279 e. The second kappa shape index (κ2) is 8.50. The van der Waals surface area contributed by atoms with E-state index in [-0.39, 0.29) is 30.1 Å². The van der Waals surface area contributed by atoms with E-state index in [9.17, 15) is 18.8 Å². The molecule has 7 nitrogen and oxygen atoms in total. The predicted octanol–water partition coefficient (Wildman–Crippen LogP) is -0.976. The molecule has 26 heavy (non-hydrogen) atoms. The van der Waals surface area contributed by atoms with Gasteiger partial charge >= 0.3 is 0 Å². The van der Waals surface area contributed by atoms with Crippen molar-refractivity contribution in [3.8, 4) is 0 Å². The van der Waals surface area contributed by atoms with Crippen molar-refractivity contribution in [1.29, 1.82) is 0 Å². The molecule has 0 radical (unpaired) electrons. The first-order valence-corrected chi connectivity index (χ1v) is 9.69. The molecule has 0 bridgehead atoms. The summed E-state index contributed by atoms with van der Waals surface area (Å²) < 4.78 is 12.9. The number of benzene rings is 1. The third kappa shape index (κ3) is 4.95. The Morgan fingerprint density at radius 1 is 1.19 bits per heavy atom. The average Bonchev–Trinajstić information content (AvgIpc) is 3.02. The van der Waals surface area contributed by atoms with Gasteiger partial charge in [-0.2, -0.15) is 0 Å². The third-order valence-electron chi connectivity index (χ3n) is 4.51. The first-order valence-electron chi connectivity index (χ1n) is 8.53. The van der Waals surface area contributed by atoms with Gasteiger partial charge in [-0.25, -0.2) is 4.39 Å². The Morgan fingerprint density at radius 3 is 2.50 bits per heavy atom. The number of nitrogens with one attached hydrogen (secondary N) is 2. The lowest BCUT2D eigenvalue weighted by Gasteiger charge is -2.32. The number of anilines is 1. The van der Waals surface area contributed by atoms with Crippen LogP contribution >= 0.6 is 11.8 Å². The molecule has 140 valence electrons. The van der Waals surface area contributed by atoms with Crippen molar-refractivity contribution in [1.82, 2.24) is 9.80 Å². The summed E-state index contributed by atoms with van der Waals surface area (Å²) in [5, 5.41) is 2.75. The predicted molar refractivity (Wildman–Crippen MR) is 96.2 cm³/mol. The molecular formula is C17H22FN4O3S+. The van der Waals surface area contributed by atoms with E-state index in [0.717, 1.165) is 4.90 Å². The van der Waals surface area contributed by atoms with Gasteiger partial charge in [0.25, 0.3) is 5.91 Å². The van der Waals surface area contributed by atoms with Crippen molar-refractivity contribution in [2.24, 2.45) is 0 Å². The fraction of sp³-hybridized carbons (Fsp3) is 0.471. The fourth-order valence-electron chi connectivity index (χ4n) is 3.02. The van der Waals surface area contributed by atoms with Gasteiger partial charge in [-0.3, -0.25) is 14.4 Å². The normalized spacial score (nSPS) is 18.3. The average molecular weight is 381 g/mol. The fourth-order valence-corrected chi connectivity index (χ4v) is 3.92. The molecule has 2 saturated heterocycles. The highest BCUT2D eigenvalue weighted by atomic mass is 32.2. The van der Waals surface area contributed by atoms with Crippen molar-refractivity contribution < 1.29 is 23.7 Å². The molecule has 2 fully saturated rings. The highest BCUT2D eigenvalue weighted by molar-refractivity contribution is 8.00. The van der Waals surface area contributed by atoms with Crippen molar-refractivity contribution in [2.45, 2.75) is 0 Å². The topological polar surface area (TPSA) is 74.2 Å². The number of hydrogen-bond donors (Lipinski definition) is 2. The van der Waals surface area contributed by atoms with Crippen LogP contribution in [0.1, 0.15) is 0 Å². The summed E-state index contributed by atoms with van der Waals surface area (Å²) in [5.74, 6) is 0.545. The van der Waals surface area contributed by atoms with E-state index in [1.165, 1.54) is 36.0 Å². The van der Waals surface area contributed by atoms with E-state index in [4.69, 9.17) is 0 Å². The van der Waals surface area contributed by atoms with Crippen LogP contribution in [0.5, 0.6) is 0 Å². The molecule has 0 spiro atoms. The first kappa shape index (κ1) is 18.7. The van der Waals surface area contributed by atoms with Crippen LogP contribution < -0.4 is 10.2 Å². The number of rotatable bonds is 5. The molecule has 0 aromatic heterocycles. The highest BCUT2D eigenvalue weighted by Crippen LogP contribution is 2.14. The molecule has 0 unspecified atom stereocenters. The van der Waals surface area contributed by atoms with Crippen LogP contribution in [-0.4, -0.2) is 78.4 Å². The molecule has 2 aliphatic heterocycles. The molecule has 2 heterocycles. The van der Waals surface area contributed by atoms with Gasteiger partial charge in [0.05, 0.1) is 37.8 Å². The number of halogens is 1. The number of carbonyl (C=O) groups excluding carboxylic acids is 3. The summed E-state index contributed by atoms with van der Waals surface area (Å²) in [6, 6.07) is 5.65. The molecule has 0 saturated carbocycles. The maximum atomic E-state index is 12.9. The maximum absolute atomic E-state index is 12.9. The van der Waals surface area contributed by atoms with Crippen LogP contribution in [0.15, 0.2) is 24.3 Å². The minimum atomic E-state index is -0.344. The summed E-state index contributed by atoms with van der Waals surface area (Å²) in [4.78, 5) is 40.4. The van der Waals surface area contributed by atoms with Crippen LogP contribution in [0.3, 0.4) is 0 Å². The van der Waals surface area contributed by atoms with E-state index < -0.39 is 0 Å². The molecule has 1 aromatic rings. The van der Waals surface area contributed by atoms with Gasteiger partial charge in [0, 0.05) is 5.69 Å². The SMILES string of the molecule is O=C(C[NH+]1CCN(C(=O)CN2CSCC2=O)CC1)Nc1ccc(F)cc1. The summed E-state index contributed by atoms with van der Waals surface area (Å²) >= 11 is 1.52. The van der Waals surface area contributed by atoms with Gasteiger partial charge in [0.2, 0.25) is 11.8 Å².